The van der Waals surface area contributed by atoms with Gasteiger partial charge in [0.15, 0.2) is 0 Å². The van der Waals surface area contributed by atoms with Crippen LogP contribution in [0.25, 0.3) is 0 Å². The molecule has 0 saturated heterocycles. The molecule has 0 aromatic heterocycles. The second-order valence-corrected chi connectivity index (χ2v) is 4.38. The van der Waals surface area contributed by atoms with Crippen LogP contribution in [0.4, 0.5) is 0 Å². The lowest BCUT2D eigenvalue weighted by atomic mass is 9.80. The Bertz CT molecular complexity index is 155. The fourth-order valence-corrected chi connectivity index (χ4v) is 2.30. The molecular weight excluding hydrogens is 156 g/mol. The highest BCUT2D eigenvalue weighted by Crippen LogP contribution is 2.31. The van der Waals surface area contributed by atoms with E-state index in [1.807, 2.05) is 0 Å². The Labute approximate surface area is 83.1 Å². The van der Waals surface area contributed by atoms with Crippen LogP contribution in [-0.4, -0.2) is 0 Å². The van der Waals surface area contributed by atoms with Crippen LogP contribution in [0.3, 0.4) is 0 Å². The van der Waals surface area contributed by atoms with Crippen molar-refractivity contribution in [3.63, 3.8) is 0 Å². The predicted molar refractivity (Wildman–Crippen MR) is 58.4 cm³/mol. The van der Waals surface area contributed by atoms with Crippen LogP contribution in [-0.2, 0) is 0 Å². The first-order valence-electron chi connectivity index (χ1n) is 5.83. The molecule has 0 amide bonds. The van der Waals surface area contributed by atoms with Gasteiger partial charge in [-0.15, -0.1) is 12.3 Å². The minimum absolute atomic E-state index is 0.599. The molecule has 0 radical (unpaired) electrons. The molecule has 1 aliphatic carbocycles. The third kappa shape index (κ3) is 3.85. The summed E-state index contributed by atoms with van der Waals surface area (Å²) >= 11 is 0. The van der Waals surface area contributed by atoms with E-state index < -0.39 is 0 Å². The van der Waals surface area contributed by atoms with Crippen molar-refractivity contribution in [2.75, 3.05) is 0 Å². The first-order valence-corrected chi connectivity index (χ1v) is 5.83. The third-order valence-corrected chi connectivity index (χ3v) is 3.30. The van der Waals surface area contributed by atoms with Gasteiger partial charge in [-0.2, -0.15) is 0 Å². The Hall–Kier alpha value is -0.440. The second kappa shape index (κ2) is 6.08. The number of hydrogen-bond donors (Lipinski definition) is 0. The Balaban J connectivity index is 2.08. The predicted octanol–water partition coefficient (Wildman–Crippen LogP) is 4.01. The molecule has 0 N–H and O–H groups in total. The van der Waals surface area contributed by atoms with E-state index in [9.17, 15) is 0 Å². The van der Waals surface area contributed by atoms with Crippen molar-refractivity contribution in [1.29, 1.82) is 0 Å². The molecule has 0 aromatic carbocycles. The smallest absolute Gasteiger partial charge is 0.0200 e. The third-order valence-electron chi connectivity index (χ3n) is 3.30. The molecule has 1 aliphatic rings. The fraction of sp³-hybridized carbons (Fsp3) is 0.846. The minimum Gasteiger partial charge on any atom is -0.120 e. The molecule has 74 valence electrons. The Morgan fingerprint density at radius 3 is 2.38 bits per heavy atom. The highest BCUT2D eigenvalue weighted by atomic mass is 14.2. The molecule has 0 spiro atoms. The summed E-state index contributed by atoms with van der Waals surface area (Å²) in [4.78, 5) is 0. The van der Waals surface area contributed by atoms with Gasteiger partial charge >= 0.3 is 0 Å². The maximum atomic E-state index is 5.42. The van der Waals surface area contributed by atoms with Crippen LogP contribution in [0, 0.1) is 24.2 Å². The topological polar surface area (TPSA) is 0 Å². The van der Waals surface area contributed by atoms with Crippen molar-refractivity contribution in [3.8, 4) is 12.3 Å². The lowest BCUT2D eigenvalue weighted by molar-refractivity contribution is 0.294. The van der Waals surface area contributed by atoms with Crippen molar-refractivity contribution >= 4 is 0 Å². The van der Waals surface area contributed by atoms with Gasteiger partial charge in [0.05, 0.1) is 0 Å². The van der Waals surface area contributed by atoms with Crippen LogP contribution in [0.1, 0.15) is 58.3 Å². The molecule has 0 heteroatoms. The van der Waals surface area contributed by atoms with E-state index in [4.69, 9.17) is 6.42 Å². The normalized spacial score (nSPS) is 28.3. The SMILES string of the molecule is C#CC1CCC(CCCCC)CC1. The Morgan fingerprint density at radius 1 is 1.15 bits per heavy atom. The largest absolute Gasteiger partial charge is 0.120 e. The minimum atomic E-state index is 0.599. The highest BCUT2D eigenvalue weighted by Gasteiger charge is 2.18. The van der Waals surface area contributed by atoms with E-state index in [-0.39, 0.29) is 0 Å². The summed E-state index contributed by atoms with van der Waals surface area (Å²) in [6.45, 7) is 2.27. The van der Waals surface area contributed by atoms with Crippen molar-refractivity contribution < 1.29 is 0 Å². The summed E-state index contributed by atoms with van der Waals surface area (Å²) in [5.41, 5.74) is 0. The summed E-state index contributed by atoms with van der Waals surface area (Å²) in [5.74, 6) is 4.49. The fourth-order valence-electron chi connectivity index (χ4n) is 2.30. The molecule has 0 atom stereocenters. The van der Waals surface area contributed by atoms with E-state index in [1.165, 1.54) is 51.4 Å². The molecule has 0 heterocycles. The zero-order valence-corrected chi connectivity index (χ0v) is 8.89. The van der Waals surface area contributed by atoms with Crippen LogP contribution in [0.5, 0.6) is 0 Å². The summed E-state index contributed by atoms with van der Waals surface area (Å²) < 4.78 is 0. The van der Waals surface area contributed by atoms with Gasteiger partial charge in [-0.1, -0.05) is 32.6 Å². The molecule has 0 bridgehead atoms. The quantitative estimate of drug-likeness (QED) is 0.451. The van der Waals surface area contributed by atoms with Gasteiger partial charge in [-0.3, -0.25) is 0 Å². The van der Waals surface area contributed by atoms with Crippen LogP contribution in [0.15, 0.2) is 0 Å². The lowest BCUT2D eigenvalue weighted by Gasteiger charge is -2.25. The molecule has 13 heavy (non-hydrogen) atoms. The van der Waals surface area contributed by atoms with E-state index in [2.05, 4.69) is 12.8 Å². The van der Waals surface area contributed by atoms with Crippen molar-refractivity contribution in [1.82, 2.24) is 0 Å². The first kappa shape index (κ1) is 10.6. The van der Waals surface area contributed by atoms with Crippen LogP contribution < -0.4 is 0 Å². The molecule has 1 rings (SSSR count). The molecule has 1 fully saturated rings. The summed E-state index contributed by atoms with van der Waals surface area (Å²) in [7, 11) is 0. The van der Waals surface area contributed by atoms with Crippen LogP contribution in [0.2, 0.25) is 0 Å². The summed E-state index contributed by atoms with van der Waals surface area (Å²) in [6, 6.07) is 0. The summed E-state index contributed by atoms with van der Waals surface area (Å²) in [6.07, 6.45) is 16.4. The zero-order chi connectivity index (χ0) is 9.52. The zero-order valence-electron chi connectivity index (χ0n) is 8.89. The number of rotatable bonds is 4. The average Bonchev–Trinajstić information content (AvgIpc) is 2.19. The van der Waals surface area contributed by atoms with Crippen molar-refractivity contribution in [3.05, 3.63) is 0 Å². The van der Waals surface area contributed by atoms with E-state index >= 15 is 0 Å². The first-order chi connectivity index (χ1) is 6.36. The van der Waals surface area contributed by atoms with E-state index in [0.29, 0.717) is 5.92 Å². The van der Waals surface area contributed by atoms with Gasteiger partial charge < -0.3 is 0 Å². The number of unbranched alkanes of at least 4 members (excludes halogenated alkanes) is 2. The molecule has 0 unspecified atom stereocenters. The number of terminal acetylenes is 1. The highest BCUT2D eigenvalue weighted by molar-refractivity contribution is 4.95. The average molecular weight is 178 g/mol. The second-order valence-electron chi connectivity index (χ2n) is 4.38. The van der Waals surface area contributed by atoms with E-state index in [0.717, 1.165) is 5.92 Å². The molecule has 0 nitrogen and oxygen atoms in total. The maximum absolute atomic E-state index is 5.42. The molecular formula is C13H22. The molecule has 0 aromatic rings. The lowest BCUT2D eigenvalue weighted by Crippen LogP contribution is -2.13. The molecule has 0 aliphatic heterocycles. The Kier molecular flexibility index (Phi) is 4.98. The van der Waals surface area contributed by atoms with Gasteiger partial charge in [-0.25, -0.2) is 0 Å². The van der Waals surface area contributed by atoms with Crippen LogP contribution >= 0.6 is 0 Å². The Morgan fingerprint density at radius 2 is 1.85 bits per heavy atom. The van der Waals surface area contributed by atoms with E-state index in [1.54, 1.807) is 0 Å². The molecule has 1 saturated carbocycles. The maximum Gasteiger partial charge on any atom is 0.0200 e. The number of hydrogen-bond acceptors (Lipinski definition) is 0. The van der Waals surface area contributed by atoms with Gasteiger partial charge in [-0.05, 0) is 31.6 Å². The van der Waals surface area contributed by atoms with Gasteiger partial charge in [0.25, 0.3) is 0 Å². The van der Waals surface area contributed by atoms with Gasteiger partial charge in [0.1, 0.15) is 0 Å². The monoisotopic (exact) mass is 178 g/mol. The van der Waals surface area contributed by atoms with Crippen molar-refractivity contribution in [2.45, 2.75) is 58.3 Å². The van der Waals surface area contributed by atoms with Gasteiger partial charge in [0, 0.05) is 5.92 Å². The standard InChI is InChI=1S/C13H22/c1-3-5-6-7-13-10-8-12(4-2)9-11-13/h2,12-13H,3,5-11H2,1H3. The summed E-state index contributed by atoms with van der Waals surface area (Å²) in [5, 5.41) is 0. The van der Waals surface area contributed by atoms with Gasteiger partial charge in [0.2, 0.25) is 0 Å². The van der Waals surface area contributed by atoms with Crippen molar-refractivity contribution in [2.24, 2.45) is 11.8 Å².